The third kappa shape index (κ3) is 22.1. The summed E-state index contributed by atoms with van der Waals surface area (Å²) in [6, 6.07) is 1.32. The average Bonchev–Trinajstić information content (AvgIpc) is 2.74. The number of rotatable bonds is 23. The zero-order valence-electron chi connectivity index (χ0n) is 20.7. The second-order valence-corrected chi connectivity index (χ2v) is 13.9. The van der Waals surface area contributed by atoms with E-state index in [1.165, 1.54) is 115 Å². The molecule has 0 heterocycles. The lowest BCUT2D eigenvalue weighted by Crippen LogP contribution is -2.27. The zero-order chi connectivity index (χ0) is 22.3. The maximum atomic E-state index is 10.9. The van der Waals surface area contributed by atoms with Crippen LogP contribution in [0.4, 0.5) is 0 Å². The molecule has 0 aromatic heterocycles. The van der Waals surface area contributed by atoms with Crippen molar-refractivity contribution in [2.75, 3.05) is 13.7 Å². The van der Waals surface area contributed by atoms with E-state index in [4.69, 9.17) is 9.16 Å². The van der Waals surface area contributed by atoms with E-state index >= 15 is 0 Å². The third-order valence-electron chi connectivity index (χ3n) is 6.14. The van der Waals surface area contributed by atoms with Gasteiger partial charge >= 0.3 is 5.97 Å². The van der Waals surface area contributed by atoms with Crippen molar-refractivity contribution in [3.05, 3.63) is 12.7 Å². The van der Waals surface area contributed by atoms with Gasteiger partial charge in [0, 0.05) is 13.2 Å². The molecule has 0 aromatic rings. The van der Waals surface area contributed by atoms with Gasteiger partial charge in [-0.15, -0.1) is 0 Å². The van der Waals surface area contributed by atoms with Crippen LogP contribution < -0.4 is 0 Å². The number of carbonyl (C=O) groups excluding carboxylic acids is 1. The SMILES string of the molecule is C=CC(=O)OCCCCCCCCCCCCCCCCCCCC[Si](C)(C)OC. The molecule has 0 fully saturated rings. The lowest BCUT2D eigenvalue weighted by atomic mass is 10.0. The van der Waals surface area contributed by atoms with Crippen molar-refractivity contribution in [1.82, 2.24) is 0 Å². The third-order valence-corrected chi connectivity index (χ3v) is 8.80. The number of hydrogen-bond acceptors (Lipinski definition) is 3. The fourth-order valence-corrected chi connectivity index (χ4v) is 5.12. The first kappa shape index (κ1) is 29.4. The van der Waals surface area contributed by atoms with Crippen LogP contribution >= 0.6 is 0 Å². The minimum absolute atomic E-state index is 0.301. The van der Waals surface area contributed by atoms with Crippen molar-refractivity contribution >= 4 is 14.3 Å². The van der Waals surface area contributed by atoms with Gasteiger partial charge in [-0.1, -0.05) is 116 Å². The van der Waals surface area contributed by atoms with Gasteiger partial charge in [-0.2, -0.15) is 0 Å². The van der Waals surface area contributed by atoms with Crippen LogP contribution in [0.5, 0.6) is 0 Å². The van der Waals surface area contributed by atoms with Gasteiger partial charge in [0.05, 0.1) is 6.61 Å². The molecule has 0 unspecified atom stereocenters. The molecule has 0 N–H and O–H groups in total. The van der Waals surface area contributed by atoms with Crippen molar-refractivity contribution in [3.63, 3.8) is 0 Å². The number of hydrogen-bond donors (Lipinski definition) is 0. The Kier molecular flexibility index (Phi) is 21.2. The molecule has 0 aromatic carbocycles. The van der Waals surface area contributed by atoms with Gasteiger partial charge in [0.25, 0.3) is 0 Å². The molecule has 0 amide bonds. The summed E-state index contributed by atoms with van der Waals surface area (Å²) in [6.45, 7) is 8.58. The molecule has 0 aliphatic rings. The maximum absolute atomic E-state index is 10.9. The number of carbonyl (C=O) groups is 1. The Morgan fingerprint density at radius 1 is 0.667 bits per heavy atom. The Balaban J connectivity index is 3.10. The van der Waals surface area contributed by atoms with Crippen LogP contribution in [-0.4, -0.2) is 28.0 Å². The molecule has 0 aliphatic heterocycles. The van der Waals surface area contributed by atoms with Gasteiger partial charge in [0.1, 0.15) is 0 Å². The lowest BCUT2D eigenvalue weighted by molar-refractivity contribution is -0.137. The Morgan fingerprint density at radius 3 is 1.33 bits per heavy atom. The molecule has 30 heavy (non-hydrogen) atoms. The van der Waals surface area contributed by atoms with E-state index < -0.39 is 8.32 Å². The van der Waals surface area contributed by atoms with E-state index in [-0.39, 0.29) is 5.97 Å². The molecule has 0 saturated carbocycles. The minimum Gasteiger partial charge on any atom is -0.463 e. The lowest BCUT2D eigenvalue weighted by Gasteiger charge is -2.19. The van der Waals surface area contributed by atoms with Crippen molar-refractivity contribution in [1.29, 1.82) is 0 Å². The first-order chi connectivity index (χ1) is 14.5. The smallest absolute Gasteiger partial charge is 0.330 e. The van der Waals surface area contributed by atoms with E-state index in [9.17, 15) is 4.79 Å². The molecule has 0 atom stereocenters. The summed E-state index contributed by atoms with van der Waals surface area (Å²) in [5, 5.41) is 0. The van der Waals surface area contributed by atoms with E-state index in [0.717, 1.165) is 12.8 Å². The quantitative estimate of drug-likeness (QED) is 0.0690. The van der Waals surface area contributed by atoms with Gasteiger partial charge < -0.3 is 9.16 Å². The van der Waals surface area contributed by atoms with E-state index in [2.05, 4.69) is 19.7 Å². The summed E-state index contributed by atoms with van der Waals surface area (Å²) in [5.74, 6) is -0.301. The Bertz CT molecular complexity index is 396. The zero-order valence-corrected chi connectivity index (χ0v) is 21.7. The maximum Gasteiger partial charge on any atom is 0.330 e. The van der Waals surface area contributed by atoms with Gasteiger partial charge in [-0.3, -0.25) is 0 Å². The average molecular weight is 441 g/mol. The molecule has 3 nitrogen and oxygen atoms in total. The van der Waals surface area contributed by atoms with Crippen molar-refractivity contribution in [2.24, 2.45) is 0 Å². The van der Waals surface area contributed by atoms with Crippen LogP contribution in [-0.2, 0) is 14.0 Å². The summed E-state index contributed by atoms with van der Waals surface area (Å²) in [4.78, 5) is 10.9. The van der Waals surface area contributed by atoms with Crippen LogP contribution in [0, 0.1) is 0 Å². The normalized spacial score (nSPS) is 11.6. The standard InChI is InChI=1S/C26H52O3Si/c1-5-26(27)29-24-22-20-18-16-14-12-10-8-6-7-9-11-13-15-17-19-21-23-25-30(3,4)28-2/h5H,1,6-25H2,2-4H3. The second-order valence-electron chi connectivity index (χ2n) is 9.45. The second kappa shape index (κ2) is 21.6. The fourth-order valence-electron chi connectivity index (χ4n) is 3.81. The number of ether oxygens (including phenoxy) is 1. The Labute approximate surface area is 189 Å². The molecule has 0 spiro atoms. The summed E-state index contributed by atoms with van der Waals surface area (Å²) in [6.07, 6.45) is 25.7. The minimum atomic E-state index is -1.31. The summed E-state index contributed by atoms with van der Waals surface area (Å²) < 4.78 is 10.6. The van der Waals surface area contributed by atoms with Crippen molar-refractivity contribution in [2.45, 2.75) is 135 Å². The highest BCUT2D eigenvalue weighted by Crippen LogP contribution is 2.17. The molecule has 0 rings (SSSR count). The van der Waals surface area contributed by atoms with E-state index in [0.29, 0.717) is 6.61 Å². The summed E-state index contributed by atoms with van der Waals surface area (Å²) in [5.41, 5.74) is 0. The molecule has 4 heteroatoms. The molecular weight excluding hydrogens is 388 g/mol. The monoisotopic (exact) mass is 440 g/mol. The summed E-state index contributed by atoms with van der Waals surface area (Å²) >= 11 is 0. The Morgan fingerprint density at radius 2 is 1.00 bits per heavy atom. The fraction of sp³-hybridized carbons (Fsp3) is 0.885. The predicted octanol–water partition coefficient (Wildman–Crippen LogP) is 8.59. The highest BCUT2D eigenvalue weighted by atomic mass is 28.4. The highest BCUT2D eigenvalue weighted by Gasteiger charge is 2.19. The highest BCUT2D eigenvalue weighted by molar-refractivity contribution is 6.71. The summed E-state index contributed by atoms with van der Waals surface area (Å²) in [7, 11) is 0.568. The van der Waals surface area contributed by atoms with Crippen LogP contribution in [0.25, 0.3) is 0 Å². The van der Waals surface area contributed by atoms with Gasteiger partial charge in [-0.05, 0) is 25.6 Å². The molecule has 0 bridgehead atoms. The van der Waals surface area contributed by atoms with Crippen molar-refractivity contribution in [3.8, 4) is 0 Å². The molecular formula is C26H52O3Si. The van der Waals surface area contributed by atoms with E-state index in [1.54, 1.807) is 0 Å². The van der Waals surface area contributed by atoms with Crippen LogP contribution in [0.2, 0.25) is 19.1 Å². The topological polar surface area (TPSA) is 35.5 Å². The van der Waals surface area contributed by atoms with Gasteiger partial charge in [0.2, 0.25) is 0 Å². The van der Waals surface area contributed by atoms with Crippen molar-refractivity contribution < 1.29 is 14.0 Å². The molecule has 0 radical (unpaired) electrons. The molecule has 0 aliphatic carbocycles. The van der Waals surface area contributed by atoms with Crippen LogP contribution in [0.3, 0.4) is 0 Å². The first-order valence-electron chi connectivity index (χ1n) is 12.9. The Hall–Kier alpha value is -0.613. The predicted molar refractivity (Wildman–Crippen MR) is 134 cm³/mol. The van der Waals surface area contributed by atoms with Gasteiger partial charge in [-0.25, -0.2) is 4.79 Å². The molecule has 178 valence electrons. The van der Waals surface area contributed by atoms with Crippen LogP contribution in [0.15, 0.2) is 12.7 Å². The first-order valence-corrected chi connectivity index (χ1v) is 16.0. The largest absolute Gasteiger partial charge is 0.463 e. The van der Waals surface area contributed by atoms with E-state index in [1.807, 2.05) is 7.11 Å². The molecule has 0 saturated heterocycles. The number of unbranched alkanes of at least 4 members (excludes halogenated alkanes) is 17. The number of esters is 1. The van der Waals surface area contributed by atoms with Crippen LogP contribution in [0.1, 0.15) is 116 Å². The van der Waals surface area contributed by atoms with Gasteiger partial charge in [0.15, 0.2) is 8.32 Å².